The van der Waals surface area contributed by atoms with E-state index in [0.717, 1.165) is 28.8 Å². The zero-order valence-electron chi connectivity index (χ0n) is 13.0. The van der Waals surface area contributed by atoms with E-state index in [4.69, 9.17) is 10.8 Å². The molecule has 22 heavy (non-hydrogen) atoms. The maximum Gasteiger partial charge on any atom is 0.100 e. The zero-order valence-corrected chi connectivity index (χ0v) is 13.0. The average molecular weight is 292 g/mol. The predicted molar refractivity (Wildman–Crippen MR) is 89.1 cm³/mol. The number of benzene rings is 1. The van der Waals surface area contributed by atoms with Gasteiger partial charge in [0.25, 0.3) is 0 Å². The number of aromatic nitrogens is 3. The van der Waals surface area contributed by atoms with Crippen molar-refractivity contribution in [3.05, 3.63) is 60.0 Å². The lowest BCUT2D eigenvalue weighted by molar-refractivity contribution is 0.721. The van der Waals surface area contributed by atoms with Gasteiger partial charge in [-0.25, -0.2) is 0 Å². The summed E-state index contributed by atoms with van der Waals surface area (Å²) in [5, 5.41) is 4.76. The Balaban J connectivity index is 2.24. The Morgan fingerprint density at radius 2 is 1.86 bits per heavy atom. The van der Waals surface area contributed by atoms with Gasteiger partial charge in [-0.3, -0.25) is 9.67 Å². The van der Waals surface area contributed by atoms with Crippen LogP contribution in [-0.2, 0) is 20.0 Å². The summed E-state index contributed by atoms with van der Waals surface area (Å²) < 4.78 is 1.97. The molecule has 4 nitrogen and oxygen atoms in total. The highest BCUT2D eigenvalue weighted by atomic mass is 15.3. The first-order valence-electron chi connectivity index (χ1n) is 7.50. The second kappa shape index (κ2) is 6.12. The van der Waals surface area contributed by atoms with Gasteiger partial charge in [0.2, 0.25) is 0 Å². The molecule has 0 bridgehead atoms. The smallest absolute Gasteiger partial charge is 0.100 e. The molecule has 2 heterocycles. The Kier molecular flexibility index (Phi) is 4.02. The quantitative estimate of drug-likeness (QED) is 0.803. The number of hydrogen-bond donors (Lipinski definition) is 1. The highest BCUT2D eigenvalue weighted by Crippen LogP contribution is 2.34. The van der Waals surface area contributed by atoms with Crippen LogP contribution in [0.1, 0.15) is 18.2 Å². The van der Waals surface area contributed by atoms with E-state index >= 15 is 0 Å². The number of hydrogen-bond acceptors (Lipinski definition) is 3. The van der Waals surface area contributed by atoms with E-state index in [0.29, 0.717) is 6.54 Å². The molecule has 4 heteroatoms. The van der Waals surface area contributed by atoms with Crippen molar-refractivity contribution in [1.82, 2.24) is 14.8 Å². The van der Waals surface area contributed by atoms with E-state index in [-0.39, 0.29) is 0 Å². The molecule has 3 aromatic rings. The van der Waals surface area contributed by atoms with Gasteiger partial charge >= 0.3 is 0 Å². The van der Waals surface area contributed by atoms with Crippen molar-refractivity contribution in [1.29, 1.82) is 0 Å². The molecule has 112 valence electrons. The van der Waals surface area contributed by atoms with E-state index in [1.54, 1.807) is 0 Å². The van der Waals surface area contributed by atoms with E-state index in [1.807, 2.05) is 48.4 Å². The van der Waals surface area contributed by atoms with Crippen molar-refractivity contribution < 1.29 is 0 Å². The number of aryl methyl sites for hydroxylation is 1. The minimum atomic E-state index is 0.534. The number of rotatable bonds is 4. The lowest BCUT2D eigenvalue weighted by Crippen LogP contribution is -1.97. The van der Waals surface area contributed by atoms with Gasteiger partial charge in [-0.05, 0) is 35.7 Å². The molecule has 1 aromatic carbocycles. The fraction of sp³-hybridized carbons (Fsp3) is 0.222. The summed E-state index contributed by atoms with van der Waals surface area (Å²) in [6.45, 7) is 2.69. The summed E-state index contributed by atoms with van der Waals surface area (Å²) in [6, 6.07) is 12.4. The molecule has 2 N–H and O–H groups in total. The van der Waals surface area contributed by atoms with Crippen molar-refractivity contribution in [3.8, 4) is 22.4 Å². The Labute approximate surface area is 130 Å². The van der Waals surface area contributed by atoms with Crippen molar-refractivity contribution in [3.63, 3.8) is 0 Å². The first-order valence-corrected chi connectivity index (χ1v) is 7.50. The zero-order chi connectivity index (χ0) is 15.5. The SMILES string of the molecule is CCc1c(-c2ccncc2)c(-c2cccc(CN)c2)nn1C. The Morgan fingerprint density at radius 1 is 1.09 bits per heavy atom. The third-order valence-electron chi connectivity index (χ3n) is 3.91. The topological polar surface area (TPSA) is 56.7 Å². The molecule has 0 fully saturated rings. The molecular formula is C18H20N4. The summed E-state index contributed by atoms with van der Waals surface area (Å²) in [6.07, 6.45) is 4.57. The second-order valence-electron chi connectivity index (χ2n) is 5.29. The van der Waals surface area contributed by atoms with Gasteiger partial charge < -0.3 is 5.73 Å². The predicted octanol–water partition coefficient (Wildman–Crippen LogP) is 3.17. The number of pyridine rings is 1. The fourth-order valence-electron chi connectivity index (χ4n) is 2.83. The molecule has 3 rings (SSSR count). The van der Waals surface area contributed by atoms with Crippen LogP contribution in [0.25, 0.3) is 22.4 Å². The van der Waals surface area contributed by atoms with Gasteiger partial charge in [0.1, 0.15) is 5.69 Å². The maximum atomic E-state index is 5.77. The Morgan fingerprint density at radius 3 is 2.55 bits per heavy atom. The van der Waals surface area contributed by atoms with Crippen LogP contribution < -0.4 is 5.73 Å². The molecule has 0 unspecified atom stereocenters. The highest BCUT2D eigenvalue weighted by Gasteiger charge is 2.18. The van der Waals surface area contributed by atoms with Crippen LogP contribution in [-0.4, -0.2) is 14.8 Å². The van der Waals surface area contributed by atoms with Gasteiger partial charge in [-0.2, -0.15) is 5.10 Å². The molecule has 0 radical (unpaired) electrons. The standard InChI is InChI=1S/C18H20N4/c1-3-16-17(14-7-9-20-10-8-14)18(21-22(16)2)15-6-4-5-13(11-15)12-19/h4-11H,3,12,19H2,1-2H3. The highest BCUT2D eigenvalue weighted by molar-refractivity contribution is 5.82. The van der Waals surface area contributed by atoms with Crippen LogP contribution in [0.2, 0.25) is 0 Å². The lowest BCUT2D eigenvalue weighted by Gasteiger charge is -2.07. The summed E-state index contributed by atoms with van der Waals surface area (Å²) in [5.74, 6) is 0. The average Bonchev–Trinajstić information content (AvgIpc) is 2.92. The summed E-state index contributed by atoms with van der Waals surface area (Å²) in [7, 11) is 2.00. The van der Waals surface area contributed by atoms with E-state index < -0.39 is 0 Å². The third kappa shape index (κ3) is 2.53. The first kappa shape index (κ1) is 14.5. The first-order chi connectivity index (χ1) is 10.7. The van der Waals surface area contributed by atoms with Gasteiger partial charge in [0.15, 0.2) is 0 Å². The molecule has 2 aromatic heterocycles. The number of nitrogens with two attached hydrogens (primary N) is 1. The van der Waals surface area contributed by atoms with Gasteiger partial charge in [-0.15, -0.1) is 0 Å². The monoisotopic (exact) mass is 292 g/mol. The van der Waals surface area contributed by atoms with Crippen LogP contribution in [0.3, 0.4) is 0 Å². The molecule has 0 aliphatic carbocycles. The molecule has 0 aliphatic heterocycles. The Bertz CT molecular complexity index is 775. The van der Waals surface area contributed by atoms with Crippen LogP contribution in [0.15, 0.2) is 48.8 Å². The van der Waals surface area contributed by atoms with E-state index in [1.165, 1.54) is 11.3 Å². The van der Waals surface area contributed by atoms with Crippen LogP contribution in [0, 0.1) is 0 Å². The molecule has 0 saturated carbocycles. The minimum Gasteiger partial charge on any atom is -0.326 e. The van der Waals surface area contributed by atoms with Crippen molar-refractivity contribution >= 4 is 0 Å². The molecule has 0 spiro atoms. The Hall–Kier alpha value is -2.46. The third-order valence-corrected chi connectivity index (χ3v) is 3.91. The summed E-state index contributed by atoms with van der Waals surface area (Å²) >= 11 is 0. The largest absolute Gasteiger partial charge is 0.326 e. The summed E-state index contributed by atoms with van der Waals surface area (Å²) in [5.41, 5.74) is 12.5. The van der Waals surface area contributed by atoms with Crippen molar-refractivity contribution in [2.75, 3.05) is 0 Å². The minimum absolute atomic E-state index is 0.534. The van der Waals surface area contributed by atoms with E-state index in [2.05, 4.69) is 24.0 Å². The van der Waals surface area contributed by atoms with Crippen LogP contribution >= 0.6 is 0 Å². The molecule has 0 aliphatic rings. The molecule has 0 atom stereocenters. The van der Waals surface area contributed by atoms with Crippen LogP contribution in [0.4, 0.5) is 0 Å². The van der Waals surface area contributed by atoms with Crippen LogP contribution in [0.5, 0.6) is 0 Å². The second-order valence-corrected chi connectivity index (χ2v) is 5.29. The molecule has 0 amide bonds. The molecular weight excluding hydrogens is 272 g/mol. The van der Waals surface area contributed by atoms with Gasteiger partial charge in [0.05, 0.1) is 0 Å². The lowest BCUT2D eigenvalue weighted by atomic mass is 9.98. The normalized spacial score (nSPS) is 10.9. The maximum absolute atomic E-state index is 5.77. The van der Waals surface area contributed by atoms with Gasteiger partial charge in [-0.1, -0.05) is 25.1 Å². The molecule has 0 saturated heterocycles. The number of nitrogens with zero attached hydrogens (tertiary/aromatic N) is 3. The van der Waals surface area contributed by atoms with E-state index in [9.17, 15) is 0 Å². The van der Waals surface area contributed by atoms with Crippen molar-refractivity contribution in [2.24, 2.45) is 12.8 Å². The van der Waals surface area contributed by atoms with Crippen molar-refractivity contribution in [2.45, 2.75) is 19.9 Å². The van der Waals surface area contributed by atoms with Gasteiger partial charge in [0, 0.05) is 42.8 Å². The summed E-state index contributed by atoms with van der Waals surface area (Å²) in [4.78, 5) is 4.12. The fourth-order valence-corrected chi connectivity index (χ4v) is 2.83.